The van der Waals surface area contributed by atoms with E-state index in [1.54, 1.807) is 83.1 Å². The van der Waals surface area contributed by atoms with E-state index in [1.807, 2.05) is 20.8 Å². The van der Waals surface area contributed by atoms with Gasteiger partial charge in [0.2, 0.25) is 40.1 Å². The van der Waals surface area contributed by atoms with Gasteiger partial charge in [0.1, 0.15) is 0 Å². The molecule has 0 unspecified atom stereocenters. The number of benzene rings is 4. The third kappa shape index (κ3) is 21.4. The number of hydrogen-bond donors (Lipinski definition) is 0. The molecule has 0 spiro atoms. The van der Waals surface area contributed by atoms with Crippen LogP contribution in [-0.4, -0.2) is 218 Å². The number of sulfonamides is 4. The maximum atomic E-state index is 14.7. The molecule has 1 fully saturated rings. The Morgan fingerprint density at radius 2 is 0.512 bits per heavy atom. The lowest BCUT2D eigenvalue weighted by Gasteiger charge is -2.33. The Balaban J connectivity index is 1.51. The van der Waals surface area contributed by atoms with Gasteiger partial charge in [0, 0.05) is 78.5 Å². The molecule has 5 rings (SSSR count). The molecule has 0 amide bonds. The van der Waals surface area contributed by atoms with E-state index in [9.17, 15) is 42.8 Å². The maximum Gasteiger partial charge on any atom is 0.408 e. The van der Waals surface area contributed by atoms with Crippen LogP contribution in [0.4, 0.5) is 0 Å². The fourth-order valence-electron chi connectivity index (χ4n) is 8.83. The van der Waals surface area contributed by atoms with Crippen LogP contribution in [0.5, 0.6) is 0 Å². The van der Waals surface area contributed by atoms with Crippen LogP contribution in [0.2, 0.25) is 0 Å². The van der Waals surface area contributed by atoms with Crippen LogP contribution < -0.4 is 0 Å². The molecule has 1 aliphatic heterocycles. The molecule has 24 nitrogen and oxygen atoms in total. The number of nitrogens with zero attached hydrogens (tertiary/aromatic N) is 6. The van der Waals surface area contributed by atoms with Gasteiger partial charge in [-0.15, -0.1) is 0 Å². The van der Waals surface area contributed by atoms with Gasteiger partial charge in [0.15, 0.2) is 0 Å². The first kappa shape index (κ1) is 73.3. The van der Waals surface area contributed by atoms with Crippen LogP contribution in [0, 0.1) is 27.7 Å². The largest absolute Gasteiger partial charge is 0.408 e. The highest BCUT2D eigenvalue weighted by Crippen LogP contribution is 2.53. The molecule has 484 valence electrons. The number of hydrogen-bond acceptors (Lipinski definition) is 18. The summed E-state index contributed by atoms with van der Waals surface area (Å²) in [5.74, 6) is 0. The van der Waals surface area contributed by atoms with E-state index in [2.05, 4.69) is 0 Å². The lowest BCUT2D eigenvalue weighted by Crippen LogP contribution is -2.46. The summed E-state index contributed by atoms with van der Waals surface area (Å²) < 4.78 is 200. The van der Waals surface area contributed by atoms with Gasteiger partial charge in [-0.2, -0.15) is 17.2 Å². The van der Waals surface area contributed by atoms with Gasteiger partial charge in [-0.3, -0.25) is 18.1 Å². The fourth-order valence-corrected chi connectivity index (χ4v) is 17.9. The molecule has 0 saturated carbocycles. The first-order valence-electron chi connectivity index (χ1n) is 28.7. The molecule has 0 radical (unpaired) electrons. The molecule has 1 heterocycles. The average Bonchev–Trinajstić information content (AvgIpc) is 3.02. The molecule has 0 aromatic heterocycles. The van der Waals surface area contributed by atoms with Crippen molar-refractivity contribution in [3.63, 3.8) is 0 Å². The van der Waals surface area contributed by atoms with E-state index in [-0.39, 0.29) is 164 Å². The van der Waals surface area contributed by atoms with Gasteiger partial charge in [0.05, 0.1) is 98.9 Å². The van der Waals surface area contributed by atoms with E-state index in [1.165, 1.54) is 62.2 Å². The number of rotatable bonds is 18. The van der Waals surface area contributed by atoms with Crippen molar-refractivity contribution in [2.45, 2.75) is 75.0 Å². The van der Waals surface area contributed by atoms with Crippen molar-refractivity contribution in [1.29, 1.82) is 0 Å². The summed E-state index contributed by atoms with van der Waals surface area (Å²) in [6.45, 7) is 10.4. The van der Waals surface area contributed by atoms with E-state index in [0.29, 0.717) is 0 Å². The Hall–Kier alpha value is -3.42. The van der Waals surface area contributed by atoms with Gasteiger partial charge in [-0.25, -0.2) is 52.1 Å². The summed E-state index contributed by atoms with van der Waals surface area (Å²) in [5, 5.41) is 0. The maximum absolute atomic E-state index is 14.7. The third-order valence-corrected chi connectivity index (χ3v) is 25.8. The zero-order valence-corrected chi connectivity index (χ0v) is 55.8. The van der Waals surface area contributed by atoms with Gasteiger partial charge in [-0.1, -0.05) is 70.8 Å². The molecule has 86 heavy (non-hydrogen) atoms. The highest BCUT2D eigenvalue weighted by Gasteiger charge is 2.38. The Kier molecular flexibility index (Phi) is 30.1. The molecule has 0 aliphatic carbocycles. The highest BCUT2D eigenvalue weighted by atomic mass is 32.2. The predicted molar refractivity (Wildman–Crippen MR) is 328 cm³/mol. The fraction of sp³-hybridized carbons (Fsp3) is 0.571. The van der Waals surface area contributed by atoms with Gasteiger partial charge in [-0.05, 0) is 104 Å². The number of ether oxygens (including phenoxy) is 4. The molecule has 1 aliphatic rings. The lowest BCUT2D eigenvalue weighted by atomic mass is 10.2. The van der Waals surface area contributed by atoms with Crippen molar-refractivity contribution < 1.29 is 79.8 Å². The van der Waals surface area contributed by atoms with Crippen LogP contribution in [0.3, 0.4) is 0 Å². The monoisotopic (exact) mass is 1320 g/mol. The van der Waals surface area contributed by atoms with Crippen LogP contribution >= 0.6 is 15.5 Å². The quantitative estimate of drug-likeness (QED) is 0.0905. The molecular formula is C56H88N6O18P2S4. The Morgan fingerprint density at radius 3 is 0.733 bits per heavy atom. The minimum absolute atomic E-state index is 0.00411. The topological polar surface area (TPSA) is 264 Å². The minimum atomic E-state index is -4.39. The van der Waals surface area contributed by atoms with Crippen molar-refractivity contribution in [3.8, 4) is 0 Å². The zero-order chi connectivity index (χ0) is 63.0. The van der Waals surface area contributed by atoms with Gasteiger partial charge >= 0.3 is 15.5 Å². The normalized spacial score (nSPS) is 18.6. The van der Waals surface area contributed by atoms with Crippen LogP contribution in [-0.2, 0) is 86.3 Å². The first-order chi connectivity index (χ1) is 40.9. The van der Waals surface area contributed by atoms with E-state index < -0.39 is 68.7 Å². The minimum Gasteiger partial charge on any atom is -0.378 e. The first-order valence-corrected chi connectivity index (χ1v) is 37.5. The van der Waals surface area contributed by atoms with Crippen molar-refractivity contribution in [2.24, 2.45) is 0 Å². The third-order valence-electron chi connectivity index (χ3n) is 13.6. The van der Waals surface area contributed by atoms with Crippen molar-refractivity contribution in [1.82, 2.24) is 26.6 Å². The highest BCUT2D eigenvalue weighted by molar-refractivity contribution is 7.90. The SMILES string of the molecule is CCOP(=O)(OCC)N1CCOCCOCCN(S(=O)(=O)c2ccc(C)cc2)CCN(S(=O)(=O)c2ccc(C)cc2)CCN(S(=O)(=O)c2ccc(C)cc2)CCOCCOCCN(P(=O)(OCC)OCC)CCN(S(=O)(=O)c2ccc(C)cc2)CC1. The van der Waals surface area contributed by atoms with Crippen LogP contribution in [0.25, 0.3) is 0 Å². The average molecular weight is 1320 g/mol. The Labute approximate surface area is 511 Å². The van der Waals surface area contributed by atoms with Crippen molar-refractivity contribution in [2.75, 3.05) is 158 Å². The summed E-state index contributed by atoms with van der Waals surface area (Å²) in [4.78, 5) is -0.167. The second-order valence-electron chi connectivity index (χ2n) is 19.8. The summed E-state index contributed by atoms with van der Waals surface area (Å²) in [6, 6.07) is 24.9. The van der Waals surface area contributed by atoms with Crippen LogP contribution in [0.15, 0.2) is 117 Å². The van der Waals surface area contributed by atoms with Crippen LogP contribution in [0.1, 0.15) is 49.9 Å². The molecule has 0 atom stereocenters. The van der Waals surface area contributed by atoms with Gasteiger partial charge < -0.3 is 18.9 Å². The predicted octanol–water partition coefficient (Wildman–Crippen LogP) is 7.03. The molecule has 30 heteroatoms. The summed E-state index contributed by atoms with van der Waals surface area (Å²) in [5.41, 5.74) is 3.25. The molecule has 4 aromatic carbocycles. The lowest BCUT2D eigenvalue weighted by molar-refractivity contribution is 0.0371. The summed E-state index contributed by atoms with van der Waals surface area (Å²) >= 11 is 0. The summed E-state index contributed by atoms with van der Waals surface area (Å²) in [7, 11) is -25.4. The molecule has 4 aromatic rings. The van der Waals surface area contributed by atoms with E-state index >= 15 is 0 Å². The molecule has 0 N–H and O–H groups in total. The number of aryl methyl sites for hydroxylation is 4. The van der Waals surface area contributed by atoms with E-state index in [0.717, 1.165) is 35.2 Å². The second kappa shape index (κ2) is 35.3. The zero-order valence-electron chi connectivity index (χ0n) is 50.8. The molecular weight excluding hydrogens is 1230 g/mol. The molecule has 1 saturated heterocycles. The van der Waals surface area contributed by atoms with Crippen molar-refractivity contribution >= 4 is 55.6 Å². The summed E-state index contributed by atoms with van der Waals surface area (Å²) in [6.07, 6.45) is 0. The molecule has 0 bridgehead atoms. The Bertz CT molecular complexity index is 3080. The smallest absolute Gasteiger partial charge is 0.378 e. The van der Waals surface area contributed by atoms with Crippen molar-refractivity contribution in [3.05, 3.63) is 119 Å². The van der Waals surface area contributed by atoms with E-state index in [4.69, 9.17) is 37.0 Å². The standard InChI is InChI=1S/C56H88N6O18P2S4/c1-9-77-81(63,78-10-2)57-29-31-59(83(65,66)53-21-13-49(5)14-22-53)32-30-58(82(64,79-11-3)80-12-4)38-42-74-46-48-76-44-40-62(86(71,72)56-27-19-52(8)20-28-56)36-34-60(84(67,68)54-23-15-50(6)16-24-54)33-35-61(39-43-75-47-45-73-41-37-57)85(69,70)55-25-17-51(7)18-26-55/h13-28H,9-12,29-48H2,1-8H3. The Morgan fingerprint density at radius 1 is 0.314 bits per heavy atom. The second-order valence-corrected chi connectivity index (χ2v) is 31.6. The van der Waals surface area contributed by atoms with Gasteiger partial charge in [0.25, 0.3) is 0 Å².